The minimum Gasteiger partial charge on any atom is -0.389 e. The van der Waals surface area contributed by atoms with E-state index in [9.17, 15) is 5.11 Å². The van der Waals surface area contributed by atoms with E-state index in [1.54, 1.807) is 0 Å². The fourth-order valence-corrected chi connectivity index (χ4v) is 2.37. The molecule has 17 heavy (non-hydrogen) atoms. The monoisotopic (exact) mass is 234 g/mol. The predicted molar refractivity (Wildman–Crippen MR) is 74.3 cm³/mol. The van der Waals surface area contributed by atoms with Gasteiger partial charge < -0.3 is 5.11 Å². The van der Waals surface area contributed by atoms with E-state index < -0.39 is 0 Å². The summed E-state index contributed by atoms with van der Waals surface area (Å²) in [6.45, 7) is 6.31. The lowest BCUT2D eigenvalue weighted by atomic mass is 9.91. The highest BCUT2D eigenvalue weighted by molar-refractivity contribution is 5.37. The van der Waals surface area contributed by atoms with Gasteiger partial charge in [0.2, 0.25) is 0 Å². The molecule has 1 N–H and O–H groups in total. The van der Waals surface area contributed by atoms with Crippen LogP contribution in [0.2, 0.25) is 0 Å². The van der Waals surface area contributed by atoms with Crippen LogP contribution in [0.15, 0.2) is 18.2 Å². The quantitative estimate of drug-likeness (QED) is 0.740. The number of hydrogen-bond donors (Lipinski definition) is 1. The summed E-state index contributed by atoms with van der Waals surface area (Å²) in [7, 11) is 0. The maximum atomic E-state index is 9.98. The van der Waals surface area contributed by atoms with Gasteiger partial charge >= 0.3 is 0 Å². The molecular formula is C16H26O. The molecule has 0 saturated carbocycles. The Balaban J connectivity index is 2.95. The third-order valence-corrected chi connectivity index (χ3v) is 3.30. The SMILES string of the molecule is CCCCc1cccc(CCCC)c1C(C)O. The molecule has 0 aliphatic rings. The maximum absolute atomic E-state index is 9.98. The van der Waals surface area contributed by atoms with E-state index in [4.69, 9.17) is 0 Å². The number of hydrogen-bond acceptors (Lipinski definition) is 1. The number of aryl methyl sites for hydroxylation is 2. The Morgan fingerprint density at radius 3 is 1.82 bits per heavy atom. The molecule has 1 atom stereocenters. The Hall–Kier alpha value is -0.820. The van der Waals surface area contributed by atoms with Crippen molar-refractivity contribution < 1.29 is 5.11 Å². The summed E-state index contributed by atoms with van der Waals surface area (Å²) in [5.74, 6) is 0. The lowest BCUT2D eigenvalue weighted by Gasteiger charge is -2.17. The van der Waals surface area contributed by atoms with Gasteiger partial charge in [0.25, 0.3) is 0 Å². The van der Waals surface area contributed by atoms with Gasteiger partial charge in [0.05, 0.1) is 6.10 Å². The van der Waals surface area contributed by atoms with Crippen LogP contribution in [-0.4, -0.2) is 5.11 Å². The molecular weight excluding hydrogens is 208 g/mol. The number of aliphatic hydroxyl groups excluding tert-OH is 1. The Morgan fingerprint density at radius 2 is 1.47 bits per heavy atom. The third kappa shape index (κ3) is 4.16. The Labute approximate surface area is 106 Å². The average Bonchev–Trinajstić information content (AvgIpc) is 2.33. The summed E-state index contributed by atoms with van der Waals surface area (Å²) < 4.78 is 0. The summed E-state index contributed by atoms with van der Waals surface area (Å²) in [5.41, 5.74) is 3.88. The van der Waals surface area contributed by atoms with Gasteiger partial charge in [-0.25, -0.2) is 0 Å². The molecule has 1 unspecified atom stereocenters. The van der Waals surface area contributed by atoms with E-state index in [0.29, 0.717) is 0 Å². The van der Waals surface area contributed by atoms with Crippen molar-refractivity contribution in [2.75, 3.05) is 0 Å². The molecule has 1 nitrogen and oxygen atoms in total. The molecule has 96 valence electrons. The topological polar surface area (TPSA) is 20.2 Å². The van der Waals surface area contributed by atoms with Crippen LogP contribution in [0.25, 0.3) is 0 Å². The zero-order valence-corrected chi connectivity index (χ0v) is 11.5. The van der Waals surface area contributed by atoms with Crippen LogP contribution in [-0.2, 0) is 12.8 Å². The minimum atomic E-state index is -0.338. The molecule has 0 saturated heterocycles. The van der Waals surface area contributed by atoms with Crippen molar-refractivity contribution in [1.29, 1.82) is 0 Å². The second-order valence-electron chi connectivity index (χ2n) is 4.87. The molecule has 0 heterocycles. The van der Waals surface area contributed by atoms with Crippen molar-refractivity contribution in [3.05, 3.63) is 34.9 Å². The lowest BCUT2D eigenvalue weighted by molar-refractivity contribution is 0.197. The fourth-order valence-electron chi connectivity index (χ4n) is 2.37. The van der Waals surface area contributed by atoms with Gasteiger partial charge in [0.15, 0.2) is 0 Å². The molecule has 0 bridgehead atoms. The molecule has 0 fully saturated rings. The first-order valence-corrected chi connectivity index (χ1v) is 6.99. The number of unbranched alkanes of at least 4 members (excludes halogenated alkanes) is 2. The van der Waals surface area contributed by atoms with Crippen molar-refractivity contribution in [2.45, 2.75) is 65.4 Å². The van der Waals surface area contributed by atoms with Crippen molar-refractivity contribution in [2.24, 2.45) is 0 Å². The highest BCUT2D eigenvalue weighted by Crippen LogP contribution is 2.25. The Bertz CT molecular complexity index is 302. The molecule has 1 rings (SSSR count). The molecule has 1 aromatic carbocycles. The summed E-state index contributed by atoms with van der Waals surface area (Å²) >= 11 is 0. The second kappa shape index (κ2) is 7.50. The van der Waals surface area contributed by atoms with Crippen LogP contribution in [0.4, 0.5) is 0 Å². The standard InChI is InChI=1S/C16H26O/c1-4-6-9-14-11-8-12-15(10-7-5-2)16(14)13(3)17/h8,11-13,17H,4-7,9-10H2,1-3H3. The molecule has 1 aromatic rings. The van der Waals surface area contributed by atoms with Crippen LogP contribution in [0.3, 0.4) is 0 Å². The van der Waals surface area contributed by atoms with E-state index in [2.05, 4.69) is 32.0 Å². The molecule has 0 aliphatic heterocycles. The van der Waals surface area contributed by atoms with Gasteiger partial charge in [-0.05, 0) is 49.3 Å². The normalized spacial score (nSPS) is 12.7. The summed E-state index contributed by atoms with van der Waals surface area (Å²) in [6, 6.07) is 6.49. The highest BCUT2D eigenvalue weighted by Gasteiger charge is 2.12. The molecule has 0 spiro atoms. The van der Waals surface area contributed by atoms with Gasteiger partial charge in [-0.1, -0.05) is 44.9 Å². The van der Waals surface area contributed by atoms with E-state index >= 15 is 0 Å². The summed E-state index contributed by atoms with van der Waals surface area (Å²) in [4.78, 5) is 0. The molecule has 1 heteroatoms. The Morgan fingerprint density at radius 1 is 1.00 bits per heavy atom. The van der Waals surface area contributed by atoms with Gasteiger partial charge in [-0.15, -0.1) is 0 Å². The average molecular weight is 234 g/mol. The van der Waals surface area contributed by atoms with E-state index in [1.165, 1.54) is 42.4 Å². The maximum Gasteiger partial charge on any atom is 0.0767 e. The summed E-state index contributed by atoms with van der Waals surface area (Å²) in [5, 5.41) is 9.98. The zero-order valence-electron chi connectivity index (χ0n) is 11.5. The van der Waals surface area contributed by atoms with Crippen LogP contribution >= 0.6 is 0 Å². The van der Waals surface area contributed by atoms with Crippen LogP contribution < -0.4 is 0 Å². The molecule has 0 amide bonds. The van der Waals surface area contributed by atoms with Gasteiger partial charge in [0.1, 0.15) is 0 Å². The third-order valence-electron chi connectivity index (χ3n) is 3.30. The van der Waals surface area contributed by atoms with E-state index in [1.807, 2.05) is 6.92 Å². The first-order valence-electron chi connectivity index (χ1n) is 6.99. The highest BCUT2D eigenvalue weighted by atomic mass is 16.3. The van der Waals surface area contributed by atoms with E-state index in [-0.39, 0.29) is 6.10 Å². The molecule has 0 radical (unpaired) electrons. The number of rotatable bonds is 7. The van der Waals surface area contributed by atoms with Crippen LogP contribution in [0, 0.1) is 0 Å². The first-order chi connectivity index (χ1) is 8.20. The minimum absolute atomic E-state index is 0.338. The molecule has 0 aromatic heterocycles. The smallest absolute Gasteiger partial charge is 0.0767 e. The van der Waals surface area contributed by atoms with Crippen LogP contribution in [0.1, 0.15) is 69.2 Å². The van der Waals surface area contributed by atoms with Crippen molar-refractivity contribution in [1.82, 2.24) is 0 Å². The summed E-state index contributed by atoms with van der Waals surface area (Å²) in [6.07, 6.45) is 6.67. The Kier molecular flexibility index (Phi) is 6.28. The number of aliphatic hydroxyl groups is 1. The second-order valence-corrected chi connectivity index (χ2v) is 4.87. The van der Waals surface area contributed by atoms with Gasteiger partial charge in [0, 0.05) is 0 Å². The van der Waals surface area contributed by atoms with Crippen molar-refractivity contribution in [3.63, 3.8) is 0 Å². The lowest BCUT2D eigenvalue weighted by Crippen LogP contribution is -2.04. The van der Waals surface area contributed by atoms with Gasteiger partial charge in [-0.2, -0.15) is 0 Å². The zero-order chi connectivity index (χ0) is 12.7. The van der Waals surface area contributed by atoms with Crippen molar-refractivity contribution in [3.8, 4) is 0 Å². The largest absolute Gasteiger partial charge is 0.389 e. The van der Waals surface area contributed by atoms with Crippen molar-refractivity contribution >= 4 is 0 Å². The van der Waals surface area contributed by atoms with Gasteiger partial charge in [-0.3, -0.25) is 0 Å². The predicted octanol–water partition coefficient (Wildman–Crippen LogP) is 4.43. The van der Waals surface area contributed by atoms with E-state index in [0.717, 1.165) is 12.8 Å². The van der Waals surface area contributed by atoms with Crippen LogP contribution in [0.5, 0.6) is 0 Å². The first kappa shape index (κ1) is 14.2. The molecule has 0 aliphatic carbocycles. The fraction of sp³-hybridized carbons (Fsp3) is 0.625. The number of benzene rings is 1.